The van der Waals surface area contributed by atoms with Crippen molar-refractivity contribution in [2.24, 2.45) is 7.05 Å². The second kappa shape index (κ2) is 16.0. The van der Waals surface area contributed by atoms with E-state index in [1.54, 1.807) is 0 Å². The Bertz CT molecular complexity index is 605. The predicted molar refractivity (Wildman–Crippen MR) is 110 cm³/mol. The number of carboxylic acids is 1. The Morgan fingerprint density at radius 2 is 1.57 bits per heavy atom. The van der Waals surface area contributed by atoms with Crippen LogP contribution in [-0.2, 0) is 13.6 Å². The molecule has 0 bridgehead atoms. The molecule has 5 heteroatoms. The van der Waals surface area contributed by atoms with Crippen molar-refractivity contribution in [3.8, 4) is 0 Å². The summed E-state index contributed by atoms with van der Waals surface area (Å²) in [7, 11) is 2.08. The lowest BCUT2D eigenvalue weighted by molar-refractivity contribution is -0.671. The lowest BCUT2D eigenvalue weighted by Gasteiger charge is -2.02. The first-order valence-corrected chi connectivity index (χ1v) is 10.9. The van der Waals surface area contributed by atoms with E-state index in [0.29, 0.717) is 0 Å². The highest BCUT2D eigenvalue weighted by atomic mass is 16.4. The van der Waals surface area contributed by atoms with Gasteiger partial charge in [0.05, 0.1) is 19.9 Å². The molecule has 158 valence electrons. The summed E-state index contributed by atoms with van der Waals surface area (Å²) < 4.78 is 8.83. The van der Waals surface area contributed by atoms with Crippen LogP contribution in [0.5, 0.6) is 0 Å². The van der Waals surface area contributed by atoms with Gasteiger partial charge in [-0.15, -0.1) is 0 Å². The summed E-state index contributed by atoms with van der Waals surface area (Å²) in [6, 6.07) is 2.82. The summed E-state index contributed by atoms with van der Waals surface area (Å²) in [5, 5.41) is 9.86. The van der Waals surface area contributed by atoms with Gasteiger partial charge in [0.25, 0.3) is 0 Å². The highest BCUT2D eigenvalue weighted by molar-refractivity contribution is 5.82. The number of unbranched alkanes of at least 4 members (excludes halogenated alkanes) is 11. The summed E-state index contributed by atoms with van der Waals surface area (Å²) in [6.45, 7) is 3.47. The number of carbonyl (C=O) groups excluding carboxylic acids is 1. The molecular weight excluding hydrogens is 352 g/mol. The van der Waals surface area contributed by atoms with Crippen molar-refractivity contribution in [2.45, 2.75) is 90.5 Å². The quantitative estimate of drug-likeness (QED) is 0.348. The van der Waals surface area contributed by atoms with E-state index in [-0.39, 0.29) is 5.76 Å². The molecule has 0 unspecified atom stereocenters. The second-order valence-corrected chi connectivity index (χ2v) is 7.47. The van der Waals surface area contributed by atoms with Crippen molar-refractivity contribution in [3.05, 3.63) is 42.9 Å². The van der Waals surface area contributed by atoms with Crippen LogP contribution >= 0.6 is 0 Å². The largest absolute Gasteiger partial charge is 0.542 e. The zero-order chi connectivity index (χ0) is 20.5. The topological polar surface area (TPSA) is 62.1 Å². The van der Waals surface area contributed by atoms with Crippen LogP contribution in [0.1, 0.15) is 94.5 Å². The fourth-order valence-electron chi connectivity index (χ4n) is 3.16. The number of carboxylic acid groups (broad SMARTS) is 1. The maximum atomic E-state index is 9.86. The Morgan fingerprint density at radius 1 is 1.00 bits per heavy atom. The van der Waals surface area contributed by atoms with Gasteiger partial charge in [0, 0.05) is 0 Å². The van der Waals surface area contributed by atoms with E-state index in [1.807, 2.05) is 0 Å². The first-order chi connectivity index (χ1) is 13.6. The molecule has 0 saturated heterocycles. The Morgan fingerprint density at radius 3 is 1.96 bits per heavy atom. The molecule has 0 fully saturated rings. The number of imidazole rings is 1. The van der Waals surface area contributed by atoms with Crippen LogP contribution in [0.3, 0.4) is 0 Å². The molecule has 2 rings (SSSR count). The third-order valence-electron chi connectivity index (χ3n) is 4.82. The van der Waals surface area contributed by atoms with Crippen molar-refractivity contribution in [2.75, 3.05) is 0 Å². The number of rotatable bonds is 14. The van der Waals surface area contributed by atoms with Gasteiger partial charge in [-0.3, -0.25) is 0 Å². The molecule has 0 aromatic carbocycles. The van der Waals surface area contributed by atoms with Crippen molar-refractivity contribution >= 4 is 5.97 Å². The van der Waals surface area contributed by atoms with Gasteiger partial charge in [-0.1, -0.05) is 71.1 Å². The molecule has 0 spiro atoms. The number of hydrogen-bond donors (Lipinski definition) is 0. The summed E-state index contributed by atoms with van der Waals surface area (Å²) in [5.74, 6) is -1.42. The Labute approximate surface area is 170 Å². The molecule has 0 aliphatic heterocycles. The number of nitrogens with zero attached hydrogens (tertiary/aromatic N) is 2. The van der Waals surface area contributed by atoms with Crippen molar-refractivity contribution in [3.63, 3.8) is 0 Å². The van der Waals surface area contributed by atoms with E-state index in [2.05, 4.69) is 46.2 Å². The minimum absolute atomic E-state index is 0.134. The van der Waals surface area contributed by atoms with Crippen molar-refractivity contribution < 1.29 is 18.9 Å². The Hall–Kier alpha value is -2.04. The Balaban J connectivity index is 0.000000406. The molecule has 0 amide bonds. The predicted octanol–water partition coefficient (Wildman–Crippen LogP) is 4.66. The molecule has 0 aliphatic carbocycles. The lowest BCUT2D eigenvalue weighted by atomic mass is 10.1. The molecule has 0 aliphatic rings. The van der Waals surface area contributed by atoms with Crippen molar-refractivity contribution in [1.82, 2.24) is 4.57 Å². The van der Waals surface area contributed by atoms with Gasteiger partial charge in [-0.2, -0.15) is 0 Å². The summed E-state index contributed by atoms with van der Waals surface area (Å²) in [6.07, 6.45) is 24.8. The molecule has 2 heterocycles. The fraction of sp³-hybridized carbons (Fsp3) is 0.652. The summed E-state index contributed by atoms with van der Waals surface area (Å²) in [4.78, 5) is 9.86. The maximum Gasteiger partial charge on any atom is 0.243 e. The van der Waals surface area contributed by atoms with Gasteiger partial charge in [0.1, 0.15) is 24.1 Å². The molecule has 2 aromatic heterocycles. The SMILES string of the molecule is CCCCCCCCCCCCCCn1cc[n+](C)c1.O=C([O-])c1ccco1. The molecule has 5 nitrogen and oxygen atoms in total. The molecular formula is C23H38N2O3. The first kappa shape index (κ1) is 24.0. The van der Waals surface area contributed by atoms with Gasteiger partial charge in [0.15, 0.2) is 0 Å². The first-order valence-electron chi connectivity index (χ1n) is 10.9. The van der Waals surface area contributed by atoms with E-state index in [4.69, 9.17) is 0 Å². The number of aromatic nitrogens is 2. The van der Waals surface area contributed by atoms with Crippen LogP contribution < -0.4 is 9.67 Å². The minimum atomic E-state index is -1.28. The molecule has 0 saturated carbocycles. The van der Waals surface area contributed by atoms with Crippen LogP contribution in [0.25, 0.3) is 0 Å². The number of aromatic carboxylic acids is 1. The molecule has 0 radical (unpaired) electrons. The van der Waals surface area contributed by atoms with Crippen LogP contribution in [-0.4, -0.2) is 10.5 Å². The van der Waals surface area contributed by atoms with Gasteiger partial charge >= 0.3 is 0 Å². The average Bonchev–Trinajstić information content (AvgIpc) is 3.35. The summed E-state index contributed by atoms with van der Waals surface area (Å²) >= 11 is 0. The monoisotopic (exact) mass is 390 g/mol. The van der Waals surface area contributed by atoms with E-state index in [9.17, 15) is 9.90 Å². The fourth-order valence-corrected chi connectivity index (χ4v) is 3.16. The third kappa shape index (κ3) is 12.4. The van der Waals surface area contributed by atoms with E-state index in [1.165, 1.54) is 102 Å². The maximum absolute atomic E-state index is 9.86. The van der Waals surface area contributed by atoms with Crippen LogP contribution in [0.4, 0.5) is 0 Å². The van der Waals surface area contributed by atoms with Crippen LogP contribution in [0.2, 0.25) is 0 Å². The smallest absolute Gasteiger partial charge is 0.243 e. The number of carbonyl (C=O) groups is 1. The van der Waals surface area contributed by atoms with E-state index in [0.717, 1.165) is 0 Å². The average molecular weight is 391 g/mol. The van der Waals surface area contributed by atoms with E-state index >= 15 is 0 Å². The standard InChI is InChI=1S/C18H35N2.C5H4O3/c1-3-4-5-6-7-8-9-10-11-12-13-14-15-20-17-16-19(2)18-20;6-5(7)4-2-1-3-8-4/h16-18H,3-15H2,1-2H3;1-3H,(H,6,7)/q+1;/p-1. The van der Waals surface area contributed by atoms with Crippen LogP contribution in [0, 0.1) is 0 Å². The van der Waals surface area contributed by atoms with Gasteiger partial charge in [0.2, 0.25) is 6.33 Å². The number of furan rings is 1. The highest BCUT2D eigenvalue weighted by Crippen LogP contribution is 2.12. The normalized spacial score (nSPS) is 10.5. The third-order valence-corrected chi connectivity index (χ3v) is 4.82. The highest BCUT2D eigenvalue weighted by Gasteiger charge is 1.99. The second-order valence-electron chi connectivity index (χ2n) is 7.47. The zero-order valence-corrected chi connectivity index (χ0v) is 17.8. The number of hydrogen-bond acceptors (Lipinski definition) is 3. The summed E-state index contributed by atoms with van der Waals surface area (Å²) in [5.41, 5.74) is 0. The molecule has 0 atom stereocenters. The minimum Gasteiger partial charge on any atom is -0.542 e. The van der Waals surface area contributed by atoms with Crippen molar-refractivity contribution in [1.29, 1.82) is 0 Å². The molecule has 2 aromatic rings. The zero-order valence-electron chi connectivity index (χ0n) is 17.8. The van der Waals surface area contributed by atoms with Gasteiger partial charge in [-0.05, 0) is 25.0 Å². The Kier molecular flexibility index (Phi) is 13.7. The van der Waals surface area contributed by atoms with Gasteiger partial charge < -0.3 is 14.3 Å². The molecule has 0 N–H and O–H groups in total. The lowest BCUT2D eigenvalue weighted by Crippen LogP contribution is -2.23. The van der Waals surface area contributed by atoms with E-state index < -0.39 is 5.97 Å². The van der Waals surface area contributed by atoms with Gasteiger partial charge in [-0.25, -0.2) is 9.13 Å². The number of aryl methyl sites for hydroxylation is 2. The van der Waals surface area contributed by atoms with Crippen LogP contribution in [0.15, 0.2) is 41.5 Å². The molecule has 28 heavy (non-hydrogen) atoms.